The fourth-order valence-electron chi connectivity index (χ4n) is 1.23. The Morgan fingerprint density at radius 1 is 1.30 bits per heavy atom. The van der Waals surface area contributed by atoms with Crippen LogP contribution in [0.1, 0.15) is 17.3 Å². The van der Waals surface area contributed by atoms with E-state index >= 15 is 0 Å². The zero-order valence-corrected chi connectivity index (χ0v) is 11.5. The molecule has 0 fully saturated rings. The monoisotopic (exact) mass is 290 g/mol. The lowest BCUT2D eigenvalue weighted by molar-refractivity contribution is -0.137. The van der Waals surface area contributed by atoms with Crippen molar-refractivity contribution in [3.8, 4) is 0 Å². The second-order valence-electron chi connectivity index (χ2n) is 3.48. The molecule has 0 heterocycles. The fraction of sp³-hybridized carbons (Fsp3) is 0.154. The summed E-state index contributed by atoms with van der Waals surface area (Å²) in [4.78, 5) is 22.9. The summed E-state index contributed by atoms with van der Waals surface area (Å²) >= 11 is 4.85. The van der Waals surface area contributed by atoms with Crippen LogP contribution in [0.5, 0.6) is 0 Å². The molecule has 0 aliphatic rings. The Morgan fingerprint density at radius 2 is 1.95 bits per heavy atom. The van der Waals surface area contributed by atoms with Gasteiger partial charge in [0.25, 0.3) is 5.91 Å². The molecular weight excluding hydrogens is 278 g/mol. The largest absolute Gasteiger partial charge is 0.762 e. The van der Waals surface area contributed by atoms with Crippen molar-refractivity contribution in [3.63, 3.8) is 0 Å². The summed E-state index contributed by atoms with van der Waals surface area (Å²) in [6.07, 6.45) is 0. The van der Waals surface area contributed by atoms with Crippen molar-refractivity contribution in [2.75, 3.05) is 6.61 Å². The van der Waals surface area contributed by atoms with Gasteiger partial charge in [-0.3, -0.25) is 21.5 Å². The second-order valence-corrected chi connectivity index (χ2v) is 3.89. The van der Waals surface area contributed by atoms with Gasteiger partial charge in [-0.15, -0.1) is 0 Å². The third kappa shape index (κ3) is 4.31. The van der Waals surface area contributed by atoms with E-state index in [2.05, 4.69) is 15.6 Å². The molecule has 0 aromatic heterocycles. The molecule has 0 saturated carbocycles. The van der Waals surface area contributed by atoms with Crippen molar-refractivity contribution in [3.05, 3.63) is 46.9 Å². The van der Waals surface area contributed by atoms with E-state index in [1.54, 1.807) is 43.1 Å². The molecule has 1 rings (SSSR count). The van der Waals surface area contributed by atoms with Gasteiger partial charge in [0.2, 0.25) is 0 Å². The van der Waals surface area contributed by atoms with Crippen LogP contribution in [-0.4, -0.2) is 29.3 Å². The molecule has 1 aromatic carbocycles. The van der Waals surface area contributed by atoms with E-state index in [1.165, 1.54) is 0 Å². The van der Waals surface area contributed by atoms with Crippen LogP contribution in [-0.2, 0) is 9.53 Å². The van der Waals surface area contributed by atoms with Crippen LogP contribution in [0.4, 0.5) is 0 Å². The number of hydrogen-bond acceptors (Lipinski definition) is 4. The van der Waals surface area contributed by atoms with Gasteiger partial charge in [-0.2, -0.15) is 0 Å². The Hall–Kier alpha value is -2.50. The molecule has 7 heteroatoms. The summed E-state index contributed by atoms with van der Waals surface area (Å²) in [5.74, 6) is 0.369. The Labute approximate surface area is 121 Å². The fourth-order valence-corrected chi connectivity index (χ4v) is 1.41. The van der Waals surface area contributed by atoms with Crippen molar-refractivity contribution >= 4 is 35.0 Å². The van der Waals surface area contributed by atoms with E-state index in [9.17, 15) is 9.59 Å². The summed E-state index contributed by atoms with van der Waals surface area (Å²) in [6, 6.07) is 8.41. The molecular formula is C13H12N3O3S-. The van der Waals surface area contributed by atoms with Crippen LogP contribution in [0.2, 0.25) is 0 Å². The highest BCUT2D eigenvalue weighted by molar-refractivity contribution is 7.80. The first-order chi connectivity index (χ1) is 9.60. The highest BCUT2D eigenvalue weighted by atomic mass is 32.1. The predicted molar refractivity (Wildman–Crippen MR) is 78.2 cm³/mol. The maximum absolute atomic E-state index is 11.7. The van der Waals surface area contributed by atoms with Gasteiger partial charge in [0, 0.05) is 5.56 Å². The number of carbonyl (C=O) groups excluding carboxylic acids is 2. The maximum Gasteiger partial charge on any atom is 0.347 e. The molecule has 0 radical (unpaired) electrons. The number of ether oxygens (including phenoxy) is 1. The summed E-state index contributed by atoms with van der Waals surface area (Å²) in [7, 11) is 0. The molecule has 0 bridgehead atoms. The van der Waals surface area contributed by atoms with Gasteiger partial charge in [0.05, 0.1) is 6.61 Å². The van der Waals surface area contributed by atoms with Crippen molar-refractivity contribution in [2.24, 2.45) is 0 Å². The van der Waals surface area contributed by atoms with Gasteiger partial charge in [0.1, 0.15) is 10.6 Å². The van der Waals surface area contributed by atoms with Gasteiger partial charge >= 0.3 is 5.97 Å². The number of benzene rings is 1. The van der Waals surface area contributed by atoms with Crippen molar-refractivity contribution < 1.29 is 14.3 Å². The minimum atomic E-state index is -0.832. The van der Waals surface area contributed by atoms with Gasteiger partial charge < -0.3 is 10.1 Å². The smallest absolute Gasteiger partial charge is 0.347 e. The van der Waals surface area contributed by atoms with Gasteiger partial charge in [0.15, 0.2) is 0 Å². The third-order valence-corrected chi connectivity index (χ3v) is 2.45. The van der Waals surface area contributed by atoms with Crippen molar-refractivity contribution in [1.82, 2.24) is 10.9 Å². The number of nitrogens with zero attached hydrogens (tertiary/aromatic N) is 1. The van der Waals surface area contributed by atoms with Crippen LogP contribution in [0.15, 0.2) is 35.9 Å². The topological polar surface area (TPSA) is 89.7 Å². The number of rotatable bonds is 4. The standard InChI is InChI=1S/C13H12N3O3S/c1-2-19-13(18)10(8-14)12(20)16-15-11(17)9-6-4-3-5-7-9/h3-7H,2H2,1H3,(H,15,17)(H,16,20)/q-1. The number of hydrazine groups is 1. The van der Waals surface area contributed by atoms with E-state index in [4.69, 9.17) is 17.6 Å². The summed E-state index contributed by atoms with van der Waals surface area (Å²) in [5, 5.41) is 8.85. The molecule has 0 unspecified atom stereocenters. The number of amides is 1. The lowest BCUT2D eigenvalue weighted by Gasteiger charge is -2.11. The molecule has 0 spiro atoms. The van der Waals surface area contributed by atoms with Crippen LogP contribution in [0, 0.1) is 0 Å². The maximum atomic E-state index is 11.7. The van der Waals surface area contributed by atoms with Crippen molar-refractivity contribution in [2.45, 2.75) is 6.92 Å². The van der Waals surface area contributed by atoms with Crippen LogP contribution < -0.4 is 10.9 Å². The van der Waals surface area contributed by atoms with E-state index in [1.807, 2.05) is 0 Å². The van der Waals surface area contributed by atoms with Crippen LogP contribution >= 0.6 is 12.2 Å². The van der Waals surface area contributed by atoms with Gasteiger partial charge in [-0.1, -0.05) is 30.4 Å². The Kier molecular flexibility index (Phi) is 6.09. The number of hydrogen-bond donors (Lipinski definition) is 2. The SMILES string of the molecule is CCOC(=O)C(=C=[N-])C(=S)NNC(=O)c1ccccc1. The minimum Gasteiger partial charge on any atom is -0.762 e. The summed E-state index contributed by atoms with van der Waals surface area (Å²) in [6.45, 7) is 1.74. The summed E-state index contributed by atoms with van der Waals surface area (Å²) < 4.78 is 4.67. The molecule has 0 saturated heterocycles. The van der Waals surface area contributed by atoms with Gasteiger partial charge in [-0.05, 0) is 19.1 Å². The number of carbonyl (C=O) groups is 2. The number of esters is 1. The average Bonchev–Trinajstić information content (AvgIpc) is 2.46. The summed E-state index contributed by atoms with van der Waals surface area (Å²) in [5.41, 5.74) is 4.69. The highest BCUT2D eigenvalue weighted by Crippen LogP contribution is 1.98. The number of thiocarbonyl (C=S) groups is 1. The Bertz CT molecular complexity index is 565. The molecule has 104 valence electrons. The first kappa shape index (κ1) is 15.6. The number of nitrogens with one attached hydrogen (secondary N) is 2. The van der Waals surface area contributed by atoms with Gasteiger partial charge in [-0.25, -0.2) is 4.79 Å². The van der Waals surface area contributed by atoms with Crippen LogP contribution in [0.25, 0.3) is 5.41 Å². The van der Waals surface area contributed by atoms with E-state index in [0.29, 0.717) is 5.56 Å². The van der Waals surface area contributed by atoms with E-state index in [0.717, 1.165) is 0 Å². The molecule has 6 nitrogen and oxygen atoms in total. The Morgan fingerprint density at radius 3 is 2.50 bits per heavy atom. The second kappa shape index (κ2) is 7.83. The molecule has 1 amide bonds. The lowest BCUT2D eigenvalue weighted by atomic mass is 10.2. The molecule has 2 N–H and O–H groups in total. The lowest BCUT2D eigenvalue weighted by Crippen LogP contribution is -2.42. The van der Waals surface area contributed by atoms with Crippen molar-refractivity contribution in [1.29, 1.82) is 0 Å². The zero-order valence-electron chi connectivity index (χ0n) is 10.7. The molecule has 0 atom stereocenters. The minimum absolute atomic E-state index is 0.128. The average molecular weight is 290 g/mol. The highest BCUT2D eigenvalue weighted by Gasteiger charge is 2.14. The molecule has 20 heavy (non-hydrogen) atoms. The first-order valence-corrected chi connectivity index (χ1v) is 6.10. The normalized spacial score (nSPS) is 9.05. The third-order valence-electron chi connectivity index (χ3n) is 2.14. The zero-order chi connectivity index (χ0) is 15.0. The quantitative estimate of drug-likeness (QED) is 0.284. The molecule has 0 aliphatic heterocycles. The predicted octanol–water partition coefficient (Wildman–Crippen LogP) is 0.977. The molecule has 0 aliphatic carbocycles. The first-order valence-electron chi connectivity index (χ1n) is 5.70. The Balaban J connectivity index is 2.61. The van der Waals surface area contributed by atoms with Crippen LogP contribution in [0.3, 0.4) is 0 Å². The van der Waals surface area contributed by atoms with E-state index < -0.39 is 11.9 Å². The molecule has 1 aromatic rings. The van der Waals surface area contributed by atoms with E-state index in [-0.39, 0.29) is 17.2 Å².